The van der Waals surface area contributed by atoms with Crippen molar-refractivity contribution in [3.8, 4) is 5.75 Å². The van der Waals surface area contributed by atoms with Gasteiger partial charge in [-0.05, 0) is 0 Å². The number of methoxy groups -OCH3 is 1. The van der Waals surface area contributed by atoms with E-state index in [0.29, 0.717) is 11.3 Å². The Morgan fingerprint density at radius 2 is 2.45 bits per heavy atom. The molecule has 0 fully saturated rings. The summed E-state index contributed by atoms with van der Waals surface area (Å²) in [4.78, 5) is 10.9. The van der Waals surface area contributed by atoms with Gasteiger partial charge >= 0.3 is 5.63 Å². The van der Waals surface area contributed by atoms with Crippen LogP contribution in [0.2, 0.25) is 0 Å². The van der Waals surface area contributed by atoms with E-state index in [9.17, 15) is 4.79 Å². The molecular weight excluding hydrogens is 144 g/mol. The lowest BCUT2D eigenvalue weighted by Gasteiger charge is -1.99. The zero-order valence-corrected chi connectivity index (χ0v) is 6.16. The Hall–Kier alpha value is -1.51. The minimum Gasteiger partial charge on any atom is -0.496 e. The highest BCUT2D eigenvalue weighted by Gasteiger charge is 2.03. The quantitative estimate of drug-likeness (QED) is 0.641. The van der Waals surface area contributed by atoms with Gasteiger partial charge in [0, 0.05) is 6.07 Å². The summed E-state index contributed by atoms with van der Waals surface area (Å²) in [6, 6.07) is 1.57. The first-order chi connectivity index (χ1) is 5.29. The molecule has 1 aromatic rings. The molecule has 3 heteroatoms. The van der Waals surface area contributed by atoms with E-state index < -0.39 is 5.63 Å². The van der Waals surface area contributed by atoms with Crippen LogP contribution in [-0.4, -0.2) is 7.11 Å². The van der Waals surface area contributed by atoms with Crippen LogP contribution in [0, 0.1) is 0 Å². The van der Waals surface area contributed by atoms with Crippen molar-refractivity contribution < 1.29 is 9.15 Å². The SMILES string of the molecule is C=Cc1c(OC)ccoc1=O. The van der Waals surface area contributed by atoms with Gasteiger partial charge < -0.3 is 9.15 Å². The van der Waals surface area contributed by atoms with Crippen molar-refractivity contribution >= 4 is 6.08 Å². The normalized spacial score (nSPS) is 9.18. The summed E-state index contributed by atoms with van der Waals surface area (Å²) in [6.07, 6.45) is 2.69. The van der Waals surface area contributed by atoms with Gasteiger partial charge in [-0.3, -0.25) is 0 Å². The van der Waals surface area contributed by atoms with Crippen molar-refractivity contribution in [2.45, 2.75) is 0 Å². The van der Waals surface area contributed by atoms with Gasteiger partial charge in [0.2, 0.25) is 0 Å². The second-order valence-electron chi connectivity index (χ2n) is 1.89. The summed E-state index contributed by atoms with van der Waals surface area (Å²) in [5, 5.41) is 0. The molecule has 0 unspecified atom stereocenters. The third-order valence-corrected chi connectivity index (χ3v) is 1.30. The molecule has 0 N–H and O–H groups in total. The average molecular weight is 152 g/mol. The molecule has 1 aromatic heterocycles. The zero-order valence-electron chi connectivity index (χ0n) is 6.16. The van der Waals surface area contributed by atoms with Gasteiger partial charge in [0.25, 0.3) is 0 Å². The smallest absolute Gasteiger partial charge is 0.346 e. The van der Waals surface area contributed by atoms with Crippen molar-refractivity contribution in [1.82, 2.24) is 0 Å². The maximum absolute atomic E-state index is 10.9. The average Bonchev–Trinajstić information content (AvgIpc) is 2.04. The van der Waals surface area contributed by atoms with Crippen LogP contribution in [0.25, 0.3) is 6.08 Å². The largest absolute Gasteiger partial charge is 0.496 e. The minimum absolute atomic E-state index is 0.356. The first-order valence-electron chi connectivity index (χ1n) is 3.08. The van der Waals surface area contributed by atoms with Gasteiger partial charge in [0.15, 0.2) is 0 Å². The number of rotatable bonds is 2. The molecule has 0 atom stereocenters. The zero-order chi connectivity index (χ0) is 8.27. The maximum atomic E-state index is 10.9. The molecule has 0 aliphatic rings. The van der Waals surface area contributed by atoms with Crippen molar-refractivity contribution in [2.75, 3.05) is 7.11 Å². The lowest BCUT2D eigenvalue weighted by atomic mass is 10.3. The van der Waals surface area contributed by atoms with E-state index in [-0.39, 0.29) is 0 Å². The molecule has 3 nitrogen and oxygen atoms in total. The molecule has 0 spiro atoms. The fraction of sp³-hybridized carbons (Fsp3) is 0.125. The molecule has 0 bridgehead atoms. The Balaban J connectivity index is 3.36. The standard InChI is InChI=1S/C8H8O3/c1-3-6-7(10-2)4-5-11-8(6)9/h3-5H,1H2,2H3. The summed E-state index contributed by atoms with van der Waals surface area (Å²) in [5.74, 6) is 0.483. The van der Waals surface area contributed by atoms with Crippen LogP contribution < -0.4 is 10.4 Å². The van der Waals surface area contributed by atoms with E-state index >= 15 is 0 Å². The molecule has 0 saturated carbocycles. The molecular formula is C8H8O3. The first-order valence-corrected chi connectivity index (χ1v) is 3.08. The molecule has 1 rings (SSSR count). The van der Waals surface area contributed by atoms with E-state index in [1.807, 2.05) is 0 Å². The molecule has 11 heavy (non-hydrogen) atoms. The fourth-order valence-electron chi connectivity index (χ4n) is 0.773. The van der Waals surface area contributed by atoms with E-state index in [4.69, 9.17) is 4.74 Å². The van der Waals surface area contributed by atoms with Crippen molar-refractivity contribution in [2.24, 2.45) is 0 Å². The first kappa shape index (κ1) is 7.60. The highest BCUT2D eigenvalue weighted by atomic mass is 16.5. The Morgan fingerprint density at radius 1 is 1.73 bits per heavy atom. The molecule has 0 aliphatic carbocycles. The second kappa shape index (κ2) is 3.05. The van der Waals surface area contributed by atoms with Gasteiger partial charge in [-0.2, -0.15) is 0 Å². The highest BCUT2D eigenvalue weighted by molar-refractivity contribution is 5.53. The molecule has 1 heterocycles. The Kier molecular flexibility index (Phi) is 2.11. The molecule has 0 saturated heterocycles. The van der Waals surface area contributed by atoms with Crippen LogP contribution in [0.5, 0.6) is 5.75 Å². The monoisotopic (exact) mass is 152 g/mol. The van der Waals surface area contributed by atoms with Crippen LogP contribution >= 0.6 is 0 Å². The lowest BCUT2D eigenvalue weighted by molar-refractivity contribution is 0.400. The number of ether oxygens (including phenoxy) is 1. The second-order valence-corrected chi connectivity index (χ2v) is 1.89. The Labute approximate surface area is 63.9 Å². The van der Waals surface area contributed by atoms with Crippen molar-refractivity contribution in [1.29, 1.82) is 0 Å². The predicted octanol–water partition coefficient (Wildman–Crippen LogP) is 1.29. The number of hydrogen-bond acceptors (Lipinski definition) is 3. The minimum atomic E-state index is -0.431. The summed E-state index contributed by atoms with van der Waals surface area (Å²) in [5.41, 5.74) is -0.0747. The predicted molar refractivity (Wildman–Crippen MR) is 41.6 cm³/mol. The van der Waals surface area contributed by atoms with Gasteiger partial charge in [0.05, 0.1) is 13.4 Å². The maximum Gasteiger partial charge on any atom is 0.346 e. The van der Waals surface area contributed by atoms with E-state index in [0.717, 1.165) is 0 Å². The van der Waals surface area contributed by atoms with Crippen LogP contribution in [0.1, 0.15) is 5.56 Å². The molecule has 0 aromatic carbocycles. The van der Waals surface area contributed by atoms with Gasteiger partial charge in [-0.25, -0.2) is 4.79 Å². The molecule has 0 radical (unpaired) electrons. The third kappa shape index (κ3) is 1.32. The van der Waals surface area contributed by atoms with E-state index in [1.54, 1.807) is 6.07 Å². The molecule has 58 valence electrons. The van der Waals surface area contributed by atoms with Gasteiger partial charge in [-0.1, -0.05) is 12.7 Å². The molecule has 0 aliphatic heterocycles. The summed E-state index contributed by atoms with van der Waals surface area (Å²) >= 11 is 0. The van der Waals surface area contributed by atoms with Crippen molar-refractivity contribution in [3.05, 3.63) is 34.9 Å². The Morgan fingerprint density at radius 3 is 2.91 bits per heavy atom. The van der Waals surface area contributed by atoms with E-state index in [2.05, 4.69) is 11.0 Å². The Bertz CT molecular complexity index is 311. The third-order valence-electron chi connectivity index (χ3n) is 1.30. The van der Waals surface area contributed by atoms with E-state index in [1.165, 1.54) is 19.4 Å². The fourth-order valence-corrected chi connectivity index (χ4v) is 0.773. The van der Waals surface area contributed by atoms with Crippen LogP contribution in [0.15, 0.2) is 28.1 Å². The summed E-state index contributed by atoms with van der Waals surface area (Å²) in [6.45, 7) is 3.46. The summed E-state index contributed by atoms with van der Waals surface area (Å²) in [7, 11) is 1.49. The van der Waals surface area contributed by atoms with Crippen LogP contribution in [-0.2, 0) is 0 Å². The van der Waals surface area contributed by atoms with Crippen molar-refractivity contribution in [3.63, 3.8) is 0 Å². The topological polar surface area (TPSA) is 39.4 Å². The number of hydrogen-bond donors (Lipinski definition) is 0. The highest BCUT2D eigenvalue weighted by Crippen LogP contribution is 2.13. The summed E-state index contributed by atoms with van der Waals surface area (Å²) < 4.78 is 9.47. The van der Waals surface area contributed by atoms with Gasteiger partial charge in [-0.15, -0.1) is 0 Å². The lowest BCUT2D eigenvalue weighted by Crippen LogP contribution is -2.03. The van der Waals surface area contributed by atoms with Gasteiger partial charge in [0.1, 0.15) is 11.3 Å². The van der Waals surface area contributed by atoms with Crippen LogP contribution in [0.4, 0.5) is 0 Å². The molecule has 0 amide bonds. The van der Waals surface area contributed by atoms with Crippen LogP contribution in [0.3, 0.4) is 0 Å².